The first-order valence-electron chi connectivity index (χ1n) is 5.57. The first-order chi connectivity index (χ1) is 7.93. The molecule has 1 aromatic rings. The van der Waals surface area contributed by atoms with E-state index in [-0.39, 0.29) is 0 Å². The highest BCUT2D eigenvalue weighted by atomic mass is 15.1. The van der Waals surface area contributed by atoms with Gasteiger partial charge in [0.15, 0.2) is 0 Å². The lowest BCUT2D eigenvalue weighted by Gasteiger charge is -2.32. The van der Waals surface area contributed by atoms with Crippen molar-refractivity contribution in [3.8, 4) is 0 Å². The number of benzene rings is 1. The fourth-order valence-electron chi connectivity index (χ4n) is 2.09. The zero-order chi connectivity index (χ0) is 10.8. The number of nitrogens with one attached hydrogen (secondary N) is 2. The summed E-state index contributed by atoms with van der Waals surface area (Å²) in [6.45, 7) is 0. The predicted molar refractivity (Wildman–Crippen MR) is 66.5 cm³/mol. The minimum Gasteiger partial charge on any atom is -0.381 e. The van der Waals surface area contributed by atoms with Gasteiger partial charge in [0.2, 0.25) is 0 Å². The Bertz CT molecular complexity index is 457. The lowest BCUT2D eigenvalue weighted by molar-refractivity contribution is 0.544. The first kappa shape index (κ1) is 9.28. The normalized spacial score (nSPS) is 26.4. The Morgan fingerprint density at radius 1 is 0.875 bits per heavy atom. The van der Waals surface area contributed by atoms with Crippen LogP contribution < -0.4 is 10.6 Å². The molecule has 1 aliphatic heterocycles. The van der Waals surface area contributed by atoms with Crippen LogP contribution in [0.2, 0.25) is 0 Å². The highest BCUT2D eigenvalue weighted by Gasteiger charge is 2.22. The van der Waals surface area contributed by atoms with Crippen LogP contribution in [-0.2, 0) is 0 Å². The van der Waals surface area contributed by atoms with E-state index < -0.39 is 0 Å². The van der Waals surface area contributed by atoms with Crippen molar-refractivity contribution in [2.24, 2.45) is 0 Å². The lowest BCUT2D eigenvalue weighted by atomic mass is 9.99. The monoisotopic (exact) mass is 210 g/mol. The molecule has 0 amide bonds. The van der Waals surface area contributed by atoms with Crippen molar-refractivity contribution in [1.82, 2.24) is 10.6 Å². The van der Waals surface area contributed by atoms with E-state index in [0.717, 1.165) is 5.70 Å². The molecule has 0 bridgehead atoms. The molecular formula is C14H14N2. The second kappa shape index (κ2) is 3.89. The standard InChI is InChI=1S/C14H14N2/c1-2-6-11(7-3-1)14-10-15-12-8-4-5-9-13(12)16-14/h1-10,12-13,15-16H. The summed E-state index contributed by atoms with van der Waals surface area (Å²) >= 11 is 0. The summed E-state index contributed by atoms with van der Waals surface area (Å²) < 4.78 is 0. The van der Waals surface area contributed by atoms with Crippen molar-refractivity contribution in [3.63, 3.8) is 0 Å². The largest absolute Gasteiger partial charge is 0.381 e. The van der Waals surface area contributed by atoms with Crippen LogP contribution in [0.25, 0.3) is 5.70 Å². The molecule has 2 aliphatic rings. The summed E-state index contributed by atoms with van der Waals surface area (Å²) in [5.74, 6) is 0. The number of hydrogen-bond donors (Lipinski definition) is 2. The molecule has 2 atom stereocenters. The van der Waals surface area contributed by atoms with Gasteiger partial charge in [0.05, 0.1) is 17.8 Å². The van der Waals surface area contributed by atoms with Gasteiger partial charge in [0, 0.05) is 6.20 Å². The predicted octanol–water partition coefficient (Wildman–Crippen LogP) is 2.04. The van der Waals surface area contributed by atoms with Crippen molar-refractivity contribution in [2.75, 3.05) is 0 Å². The fraction of sp³-hybridized carbons (Fsp3) is 0.143. The van der Waals surface area contributed by atoms with E-state index in [0.29, 0.717) is 12.1 Å². The molecule has 2 unspecified atom stereocenters. The Labute approximate surface area is 95.4 Å². The molecule has 3 rings (SSSR count). The molecule has 0 fully saturated rings. The van der Waals surface area contributed by atoms with Crippen LogP contribution in [0.1, 0.15) is 5.56 Å². The Morgan fingerprint density at radius 2 is 1.62 bits per heavy atom. The van der Waals surface area contributed by atoms with Gasteiger partial charge >= 0.3 is 0 Å². The molecule has 2 N–H and O–H groups in total. The summed E-state index contributed by atoms with van der Waals surface area (Å²) in [6.07, 6.45) is 10.6. The van der Waals surface area contributed by atoms with E-state index >= 15 is 0 Å². The number of allylic oxidation sites excluding steroid dienone is 2. The quantitative estimate of drug-likeness (QED) is 0.741. The average molecular weight is 210 g/mol. The summed E-state index contributed by atoms with van der Waals surface area (Å²) in [4.78, 5) is 0. The van der Waals surface area contributed by atoms with Gasteiger partial charge in [0.1, 0.15) is 0 Å². The molecule has 1 aliphatic carbocycles. The molecule has 2 heteroatoms. The zero-order valence-corrected chi connectivity index (χ0v) is 8.93. The van der Waals surface area contributed by atoms with E-state index in [1.54, 1.807) is 0 Å². The molecule has 0 saturated carbocycles. The third kappa shape index (κ3) is 1.63. The van der Waals surface area contributed by atoms with E-state index in [1.807, 2.05) is 6.07 Å². The lowest BCUT2D eigenvalue weighted by Crippen LogP contribution is -2.48. The summed E-state index contributed by atoms with van der Waals surface area (Å²) in [5.41, 5.74) is 2.37. The van der Waals surface area contributed by atoms with Gasteiger partial charge < -0.3 is 10.6 Å². The van der Waals surface area contributed by atoms with Crippen LogP contribution in [0.15, 0.2) is 60.8 Å². The minimum absolute atomic E-state index is 0.352. The van der Waals surface area contributed by atoms with Crippen molar-refractivity contribution < 1.29 is 0 Å². The average Bonchev–Trinajstić information content (AvgIpc) is 2.39. The van der Waals surface area contributed by atoms with Gasteiger partial charge in [0.25, 0.3) is 0 Å². The Kier molecular flexibility index (Phi) is 2.26. The van der Waals surface area contributed by atoms with Crippen LogP contribution >= 0.6 is 0 Å². The van der Waals surface area contributed by atoms with Gasteiger partial charge in [-0.1, -0.05) is 54.6 Å². The summed E-state index contributed by atoms with van der Waals surface area (Å²) in [7, 11) is 0. The van der Waals surface area contributed by atoms with Gasteiger partial charge in [-0.05, 0) is 5.56 Å². The molecule has 0 radical (unpaired) electrons. The van der Waals surface area contributed by atoms with Crippen LogP contribution in [0, 0.1) is 0 Å². The molecule has 1 aromatic carbocycles. The van der Waals surface area contributed by atoms with Crippen molar-refractivity contribution in [3.05, 3.63) is 66.4 Å². The molecule has 16 heavy (non-hydrogen) atoms. The van der Waals surface area contributed by atoms with Crippen molar-refractivity contribution in [2.45, 2.75) is 12.1 Å². The highest BCUT2D eigenvalue weighted by molar-refractivity contribution is 5.65. The molecule has 0 saturated heterocycles. The van der Waals surface area contributed by atoms with E-state index in [9.17, 15) is 0 Å². The summed E-state index contributed by atoms with van der Waals surface area (Å²) in [5, 5.41) is 6.94. The smallest absolute Gasteiger partial charge is 0.0685 e. The minimum atomic E-state index is 0.352. The van der Waals surface area contributed by atoms with Crippen LogP contribution in [0.3, 0.4) is 0 Å². The molecule has 2 nitrogen and oxygen atoms in total. The van der Waals surface area contributed by atoms with Gasteiger partial charge in [-0.15, -0.1) is 0 Å². The topological polar surface area (TPSA) is 24.1 Å². The van der Waals surface area contributed by atoms with Crippen LogP contribution in [0.4, 0.5) is 0 Å². The molecule has 0 aromatic heterocycles. The third-order valence-electron chi connectivity index (χ3n) is 2.96. The summed E-state index contributed by atoms with van der Waals surface area (Å²) in [6, 6.07) is 11.1. The van der Waals surface area contributed by atoms with Crippen molar-refractivity contribution in [1.29, 1.82) is 0 Å². The third-order valence-corrected chi connectivity index (χ3v) is 2.96. The number of hydrogen-bond acceptors (Lipinski definition) is 2. The number of fused-ring (bicyclic) bond motifs is 1. The van der Waals surface area contributed by atoms with Gasteiger partial charge in [-0.3, -0.25) is 0 Å². The first-order valence-corrected chi connectivity index (χ1v) is 5.57. The van der Waals surface area contributed by atoms with Gasteiger partial charge in [-0.25, -0.2) is 0 Å². The van der Waals surface area contributed by atoms with Crippen LogP contribution in [0.5, 0.6) is 0 Å². The Hall–Kier alpha value is -1.96. The number of rotatable bonds is 1. The van der Waals surface area contributed by atoms with E-state index in [1.165, 1.54) is 5.56 Å². The molecule has 0 spiro atoms. The maximum Gasteiger partial charge on any atom is 0.0685 e. The van der Waals surface area contributed by atoms with Crippen molar-refractivity contribution >= 4 is 5.70 Å². The fourth-order valence-corrected chi connectivity index (χ4v) is 2.09. The molecular weight excluding hydrogens is 196 g/mol. The SMILES string of the molecule is C1=CC2NC=C(c3ccccc3)NC2C=C1. The van der Waals surface area contributed by atoms with Crippen LogP contribution in [-0.4, -0.2) is 12.1 Å². The Balaban J connectivity index is 1.87. The van der Waals surface area contributed by atoms with Gasteiger partial charge in [-0.2, -0.15) is 0 Å². The molecule has 80 valence electrons. The Morgan fingerprint density at radius 3 is 2.44 bits per heavy atom. The second-order valence-electron chi connectivity index (χ2n) is 4.06. The van der Waals surface area contributed by atoms with E-state index in [2.05, 4.69) is 65.4 Å². The second-order valence-corrected chi connectivity index (χ2v) is 4.06. The maximum atomic E-state index is 3.53. The molecule has 1 heterocycles. The highest BCUT2D eigenvalue weighted by Crippen LogP contribution is 2.18. The zero-order valence-electron chi connectivity index (χ0n) is 8.93. The van der Waals surface area contributed by atoms with E-state index in [4.69, 9.17) is 0 Å². The maximum absolute atomic E-state index is 3.53.